The van der Waals surface area contributed by atoms with E-state index in [1.165, 1.54) is 44.2 Å². The average Bonchev–Trinajstić information content (AvgIpc) is 3.71. The van der Waals surface area contributed by atoms with E-state index in [4.69, 9.17) is 14.8 Å². The largest absolute Gasteiger partial charge is 0.457 e. The molecular formula is C44H46N4O. The van der Waals surface area contributed by atoms with E-state index < -0.39 is 0 Å². The molecule has 3 heterocycles. The summed E-state index contributed by atoms with van der Waals surface area (Å²) in [6.45, 7) is 13.6. The molecule has 7 aromatic rings. The Morgan fingerprint density at radius 2 is 1.41 bits per heavy atom. The molecule has 0 aliphatic rings. The zero-order valence-corrected chi connectivity index (χ0v) is 29.6. The lowest BCUT2D eigenvalue weighted by Crippen LogP contribution is -2.06. The van der Waals surface area contributed by atoms with Crippen LogP contribution in [0, 0.1) is 25.7 Å². The van der Waals surface area contributed by atoms with Crippen molar-refractivity contribution in [3.05, 3.63) is 132 Å². The molecule has 248 valence electrons. The van der Waals surface area contributed by atoms with Gasteiger partial charge in [-0.25, -0.2) is 9.67 Å². The van der Waals surface area contributed by atoms with Crippen molar-refractivity contribution in [3.63, 3.8) is 0 Å². The van der Waals surface area contributed by atoms with Gasteiger partial charge in [-0.05, 0) is 103 Å². The fraction of sp³-hybridized carbons (Fsp3) is 0.273. The van der Waals surface area contributed by atoms with Crippen molar-refractivity contribution in [2.75, 3.05) is 0 Å². The zero-order chi connectivity index (χ0) is 34.1. The number of fused-ring (bicyclic) bond motifs is 3. The first-order chi connectivity index (χ1) is 23.8. The fourth-order valence-electron chi connectivity index (χ4n) is 7.00. The SMILES string of the molecule is CCC(C)Cc1cc(C)cc(CC(C)CC)c1-c1cnn(-c2cccc(Oc3ccc4c5ccccc5n(-c5cc(C)ccn5)c4c3)c2)c1. The summed E-state index contributed by atoms with van der Waals surface area (Å²) in [6.07, 6.45) is 10.6. The number of pyridine rings is 1. The Labute approximate surface area is 290 Å². The van der Waals surface area contributed by atoms with Crippen molar-refractivity contribution in [1.82, 2.24) is 19.3 Å². The number of hydrogen-bond donors (Lipinski definition) is 0. The van der Waals surface area contributed by atoms with E-state index in [2.05, 4.69) is 125 Å². The molecule has 0 amide bonds. The highest BCUT2D eigenvalue weighted by atomic mass is 16.5. The van der Waals surface area contributed by atoms with Crippen LogP contribution < -0.4 is 4.74 Å². The summed E-state index contributed by atoms with van der Waals surface area (Å²) < 4.78 is 10.7. The standard InChI is InChI=1S/C44H46N4O/c1-7-29(3)20-33-22-32(6)23-34(21-30(4)8-2)44(33)35-27-46-47(28-35)36-12-11-13-37(25-36)49-38-16-17-40-39-14-9-10-15-41(39)48(42(40)26-38)43-24-31(5)18-19-45-43/h9-19,22-30H,7-8,20-21H2,1-6H3. The van der Waals surface area contributed by atoms with E-state index in [1.54, 1.807) is 0 Å². The number of para-hydroxylation sites is 1. The third-order valence-corrected chi connectivity index (χ3v) is 9.94. The second-order valence-electron chi connectivity index (χ2n) is 13.9. The summed E-state index contributed by atoms with van der Waals surface area (Å²) in [4.78, 5) is 4.73. The molecule has 5 nitrogen and oxygen atoms in total. The van der Waals surface area contributed by atoms with Crippen LogP contribution in [-0.2, 0) is 12.8 Å². The molecule has 4 aromatic carbocycles. The van der Waals surface area contributed by atoms with Gasteiger partial charge in [0, 0.05) is 40.9 Å². The summed E-state index contributed by atoms with van der Waals surface area (Å²) >= 11 is 0. The van der Waals surface area contributed by atoms with E-state index in [9.17, 15) is 0 Å². The smallest absolute Gasteiger partial charge is 0.137 e. The first-order valence-electron chi connectivity index (χ1n) is 17.7. The minimum Gasteiger partial charge on any atom is -0.457 e. The quantitative estimate of drug-likeness (QED) is 0.140. The van der Waals surface area contributed by atoms with Crippen LogP contribution in [-0.4, -0.2) is 19.3 Å². The Kier molecular flexibility index (Phi) is 9.09. The topological polar surface area (TPSA) is 44.9 Å². The maximum atomic E-state index is 6.54. The molecule has 0 saturated carbocycles. The van der Waals surface area contributed by atoms with Gasteiger partial charge in [-0.15, -0.1) is 0 Å². The number of hydrogen-bond acceptors (Lipinski definition) is 3. The fourth-order valence-corrected chi connectivity index (χ4v) is 7.00. The Hall–Kier alpha value is -5.16. The molecular weight excluding hydrogens is 601 g/mol. The Morgan fingerprint density at radius 3 is 2.14 bits per heavy atom. The molecule has 7 rings (SSSR count). The summed E-state index contributed by atoms with van der Waals surface area (Å²) in [5, 5.41) is 7.24. The van der Waals surface area contributed by atoms with Crippen LogP contribution in [0.2, 0.25) is 0 Å². The van der Waals surface area contributed by atoms with Crippen molar-refractivity contribution in [2.24, 2.45) is 11.8 Å². The highest BCUT2D eigenvalue weighted by Gasteiger charge is 2.18. The molecule has 0 N–H and O–H groups in total. The number of nitrogens with zero attached hydrogens (tertiary/aromatic N) is 4. The number of aryl methyl sites for hydroxylation is 2. The maximum absolute atomic E-state index is 6.54. The van der Waals surface area contributed by atoms with Gasteiger partial charge in [0.15, 0.2) is 0 Å². The van der Waals surface area contributed by atoms with Gasteiger partial charge < -0.3 is 4.74 Å². The summed E-state index contributed by atoms with van der Waals surface area (Å²) in [7, 11) is 0. The minimum absolute atomic E-state index is 0.620. The lowest BCUT2D eigenvalue weighted by Gasteiger charge is -2.20. The van der Waals surface area contributed by atoms with Crippen LogP contribution >= 0.6 is 0 Å². The van der Waals surface area contributed by atoms with Gasteiger partial charge in [-0.1, -0.05) is 82.5 Å². The van der Waals surface area contributed by atoms with Crippen LogP contribution in [0.4, 0.5) is 0 Å². The lowest BCUT2D eigenvalue weighted by molar-refractivity contribution is 0.483. The predicted octanol–water partition coefficient (Wildman–Crippen LogP) is 11.6. The molecule has 0 saturated heterocycles. The highest BCUT2D eigenvalue weighted by Crippen LogP contribution is 2.36. The third-order valence-electron chi connectivity index (χ3n) is 9.94. The molecule has 49 heavy (non-hydrogen) atoms. The van der Waals surface area contributed by atoms with Crippen LogP contribution in [0.3, 0.4) is 0 Å². The third kappa shape index (κ3) is 6.63. The molecule has 2 atom stereocenters. The van der Waals surface area contributed by atoms with Gasteiger partial charge in [0.05, 0.1) is 22.9 Å². The number of benzene rings is 4. The van der Waals surface area contributed by atoms with E-state index in [0.717, 1.165) is 59.7 Å². The molecule has 0 bridgehead atoms. The minimum atomic E-state index is 0.620. The molecule has 0 aliphatic heterocycles. The van der Waals surface area contributed by atoms with Crippen molar-refractivity contribution in [1.29, 1.82) is 0 Å². The molecule has 2 unspecified atom stereocenters. The lowest BCUT2D eigenvalue weighted by atomic mass is 9.85. The normalized spacial score (nSPS) is 12.9. The molecule has 0 fully saturated rings. The number of rotatable bonds is 11. The van der Waals surface area contributed by atoms with Crippen LogP contribution in [0.15, 0.2) is 110 Å². The van der Waals surface area contributed by atoms with E-state index >= 15 is 0 Å². The maximum Gasteiger partial charge on any atom is 0.137 e. The number of aromatic nitrogens is 4. The van der Waals surface area contributed by atoms with Crippen molar-refractivity contribution in [2.45, 2.75) is 67.2 Å². The zero-order valence-electron chi connectivity index (χ0n) is 29.6. The first kappa shape index (κ1) is 32.4. The molecule has 0 radical (unpaired) electrons. The summed E-state index contributed by atoms with van der Waals surface area (Å²) in [6, 6.07) is 31.9. The van der Waals surface area contributed by atoms with E-state index in [1.807, 2.05) is 35.3 Å². The van der Waals surface area contributed by atoms with Crippen molar-refractivity contribution in [3.8, 4) is 34.1 Å². The van der Waals surface area contributed by atoms with Gasteiger partial charge >= 0.3 is 0 Å². The van der Waals surface area contributed by atoms with E-state index in [-0.39, 0.29) is 0 Å². The van der Waals surface area contributed by atoms with Crippen LogP contribution in [0.1, 0.15) is 62.8 Å². The Bertz CT molecular complexity index is 2220. The number of ether oxygens (including phenoxy) is 1. The van der Waals surface area contributed by atoms with Gasteiger partial charge in [-0.2, -0.15) is 5.10 Å². The molecule has 5 heteroatoms. The van der Waals surface area contributed by atoms with E-state index in [0.29, 0.717) is 11.8 Å². The van der Waals surface area contributed by atoms with Crippen molar-refractivity contribution >= 4 is 21.8 Å². The summed E-state index contributed by atoms with van der Waals surface area (Å²) in [5.41, 5.74) is 11.0. The Morgan fingerprint density at radius 1 is 0.694 bits per heavy atom. The second-order valence-corrected chi connectivity index (χ2v) is 13.9. The predicted molar refractivity (Wildman–Crippen MR) is 203 cm³/mol. The van der Waals surface area contributed by atoms with Gasteiger partial charge in [0.25, 0.3) is 0 Å². The van der Waals surface area contributed by atoms with Gasteiger partial charge in [-0.3, -0.25) is 4.57 Å². The monoisotopic (exact) mass is 646 g/mol. The van der Waals surface area contributed by atoms with Crippen molar-refractivity contribution < 1.29 is 4.74 Å². The summed E-state index contributed by atoms with van der Waals surface area (Å²) in [5.74, 6) is 3.67. The van der Waals surface area contributed by atoms with Gasteiger partial charge in [0.1, 0.15) is 17.3 Å². The van der Waals surface area contributed by atoms with Gasteiger partial charge in [0.2, 0.25) is 0 Å². The highest BCUT2D eigenvalue weighted by molar-refractivity contribution is 6.09. The molecule has 3 aromatic heterocycles. The second kappa shape index (κ2) is 13.8. The Balaban J connectivity index is 1.23. The average molecular weight is 647 g/mol. The molecule has 0 spiro atoms. The first-order valence-corrected chi connectivity index (χ1v) is 17.7. The molecule has 0 aliphatic carbocycles. The van der Waals surface area contributed by atoms with Crippen LogP contribution in [0.5, 0.6) is 11.5 Å². The van der Waals surface area contributed by atoms with Crippen LogP contribution in [0.25, 0.3) is 44.4 Å².